The standard InChI is InChI=1S/C15H23N3O/c1-3-18(11-13-6-9-16-10-7-13)15(19)14-12(2)5-4-8-17-14/h4-5,8,13,16H,3,6-7,9-11H2,1-2H3. The van der Waals surface area contributed by atoms with E-state index < -0.39 is 0 Å². The number of nitrogens with one attached hydrogen (secondary N) is 1. The van der Waals surface area contributed by atoms with Crippen molar-refractivity contribution in [2.75, 3.05) is 26.2 Å². The van der Waals surface area contributed by atoms with Gasteiger partial charge in [0.25, 0.3) is 5.91 Å². The lowest BCUT2D eigenvalue weighted by molar-refractivity contribution is 0.0720. The van der Waals surface area contributed by atoms with Crippen molar-refractivity contribution in [3.63, 3.8) is 0 Å². The Morgan fingerprint density at radius 3 is 2.84 bits per heavy atom. The summed E-state index contributed by atoms with van der Waals surface area (Å²) in [5.74, 6) is 0.688. The molecule has 1 fully saturated rings. The molecule has 0 bridgehead atoms. The molecular formula is C15H23N3O. The average molecular weight is 261 g/mol. The number of hydrogen-bond donors (Lipinski definition) is 1. The number of piperidine rings is 1. The van der Waals surface area contributed by atoms with Crippen molar-refractivity contribution in [1.29, 1.82) is 0 Å². The number of rotatable bonds is 4. The van der Waals surface area contributed by atoms with Crippen molar-refractivity contribution in [1.82, 2.24) is 15.2 Å². The van der Waals surface area contributed by atoms with Crippen molar-refractivity contribution in [3.05, 3.63) is 29.6 Å². The van der Waals surface area contributed by atoms with E-state index >= 15 is 0 Å². The van der Waals surface area contributed by atoms with E-state index in [1.54, 1.807) is 6.20 Å². The second-order valence-corrected chi connectivity index (χ2v) is 5.21. The Bertz CT molecular complexity index is 427. The second-order valence-electron chi connectivity index (χ2n) is 5.21. The summed E-state index contributed by atoms with van der Waals surface area (Å²) in [5.41, 5.74) is 1.55. The first-order valence-electron chi connectivity index (χ1n) is 7.14. The third-order valence-electron chi connectivity index (χ3n) is 3.82. The molecule has 0 saturated carbocycles. The Morgan fingerprint density at radius 1 is 1.47 bits per heavy atom. The molecule has 1 amide bonds. The van der Waals surface area contributed by atoms with E-state index in [2.05, 4.69) is 10.3 Å². The zero-order chi connectivity index (χ0) is 13.7. The van der Waals surface area contributed by atoms with Gasteiger partial charge in [-0.3, -0.25) is 9.78 Å². The molecule has 4 nitrogen and oxygen atoms in total. The van der Waals surface area contributed by atoms with Gasteiger partial charge in [-0.2, -0.15) is 0 Å². The number of carbonyl (C=O) groups is 1. The predicted octanol–water partition coefficient (Wildman–Crippen LogP) is 1.85. The van der Waals surface area contributed by atoms with Gasteiger partial charge in [-0.25, -0.2) is 0 Å². The summed E-state index contributed by atoms with van der Waals surface area (Å²) in [6.45, 7) is 7.72. The van der Waals surface area contributed by atoms with Gasteiger partial charge >= 0.3 is 0 Å². The fourth-order valence-electron chi connectivity index (χ4n) is 2.59. The minimum absolute atomic E-state index is 0.0686. The highest BCUT2D eigenvalue weighted by molar-refractivity contribution is 5.93. The van der Waals surface area contributed by atoms with Gasteiger partial charge in [0.05, 0.1) is 0 Å². The fourth-order valence-corrected chi connectivity index (χ4v) is 2.59. The van der Waals surface area contributed by atoms with Gasteiger partial charge < -0.3 is 10.2 Å². The van der Waals surface area contributed by atoms with E-state index in [1.807, 2.05) is 30.9 Å². The molecule has 0 aromatic carbocycles. The van der Waals surface area contributed by atoms with Crippen molar-refractivity contribution in [2.24, 2.45) is 5.92 Å². The maximum absolute atomic E-state index is 12.5. The largest absolute Gasteiger partial charge is 0.337 e. The molecule has 1 aliphatic heterocycles. The molecular weight excluding hydrogens is 238 g/mol. The highest BCUT2D eigenvalue weighted by Crippen LogP contribution is 2.15. The third-order valence-corrected chi connectivity index (χ3v) is 3.82. The Morgan fingerprint density at radius 2 is 2.21 bits per heavy atom. The monoisotopic (exact) mass is 261 g/mol. The molecule has 2 rings (SSSR count). The number of pyridine rings is 1. The molecule has 0 radical (unpaired) electrons. The van der Waals surface area contributed by atoms with Gasteiger partial charge in [0.1, 0.15) is 5.69 Å². The number of aryl methyl sites for hydroxylation is 1. The van der Waals surface area contributed by atoms with Crippen molar-refractivity contribution >= 4 is 5.91 Å². The van der Waals surface area contributed by atoms with Crippen LogP contribution in [0, 0.1) is 12.8 Å². The number of amides is 1. The lowest BCUT2D eigenvalue weighted by Crippen LogP contribution is -2.39. The Hall–Kier alpha value is -1.42. The van der Waals surface area contributed by atoms with Crippen molar-refractivity contribution < 1.29 is 4.79 Å². The summed E-state index contributed by atoms with van der Waals surface area (Å²) < 4.78 is 0. The first kappa shape index (κ1) is 14.0. The normalized spacial score (nSPS) is 16.3. The van der Waals surface area contributed by atoms with Crippen LogP contribution in [0.3, 0.4) is 0 Å². The first-order valence-corrected chi connectivity index (χ1v) is 7.14. The minimum atomic E-state index is 0.0686. The number of nitrogens with zero attached hydrogens (tertiary/aromatic N) is 2. The molecule has 1 aromatic rings. The van der Waals surface area contributed by atoms with Crippen LogP contribution in [0.4, 0.5) is 0 Å². The highest BCUT2D eigenvalue weighted by Gasteiger charge is 2.22. The summed E-state index contributed by atoms with van der Waals surface area (Å²) in [7, 11) is 0. The number of carbonyl (C=O) groups excluding carboxylic acids is 1. The average Bonchev–Trinajstić information content (AvgIpc) is 2.46. The summed E-state index contributed by atoms with van der Waals surface area (Å²) in [4.78, 5) is 18.7. The maximum atomic E-state index is 12.5. The molecule has 0 unspecified atom stereocenters. The van der Waals surface area contributed by atoms with Gasteiger partial charge in [0, 0.05) is 19.3 Å². The molecule has 1 aromatic heterocycles. The third kappa shape index (κ3) is 3.53. The SMILES string of the molecule is CCN(CC1CCNCC1)C(=O)c1ncccc1C. The summed E-state index contributed by atoms with van der Waals surface area (Å²) in [6.07, 6.45) is 4.01. The van der Waals surface area contributed by atoms with Crippen LogP contribution in [-0.4, -0.2) is 42.0 Å². The Labute approximate surface area is 115 Å². The van der Waals surface area contributed by atoms with E-state index in [9.17, 15) is 4.79 Å². The fraction of sp³-hybridized carbons (Fsp3) is 0.600. The van der Waals surface area contributed by atoms with Gasteiger partial charge in [0.15, 0.2) is 0 Å². The van der Waals surface area contributed by atoms with Gasteiger partial charge in [-0.1, -0.05) is 6.07 Å². The molecule has 0 spiro atoms. The van der Waals surface area contributed by atoms with E-state index in [1.165, 1.54) is 0 Å². The summed E-state index contributed by atoms with van der Waals surface area (Å²) >= 11 is 0. The highest BCUT2D eigenvalue weighted by atomic mass is 16.2. The predicted molar refractivity (Wildman–Crippen MR) is 76.1 cm³/mol. The topological polar surface area (TPSA) is 45.2 Å². The van der Waals surface area contributed by atoms with Gasteiger partial charge in [0.2, 0.25) is 0 Å². The van der Waals surface area contributed by atoms with Crippen molar-refractivity contribution in [2.45, 2.75) is 26.7 Å². The molecule has 1 saturated heterocycles. The smallest absolute Gasteiger partial charge is 0.272 e. The van der Waals surface area contributed by atoms with Gasteiger partial charge in [-0.05, 0) is 57.3 Å². The van der Waals surface area contributed by atoms with E-state index in [0.717, 1.165) is 44.6 Å². The number of aromatic nitrogens is 1. The van der Waals surface area contributed by atoms with Crippen LogP contribution in [0.25, 0.3) is 0 Å². The molecule has 0 aliphatic carbocycles. The molecule has 19 heavy (non-hydrogen) atoms. The van der Waals surface area contributed by atoms with Crippen LogP contribution in [0.1, 0.15) is 35.8 Å². The van der Waals surface area contributed by atoms with E-state index in [-0.39, 0.29) is 5.91 Å². The summed E-state index contributed by atoms with van der Waals surface area (Å²) in [6, 6.07) is 3.81. The lowest BCUT2D eigenvalue weighted by Gasteiger charge is -2.29. The molecule has 0 atom stereocenters. The van der Waals surface area contributed by atoms with Crippen LogP contribution in [-0.2, 0) is 0 Å². The van der Waals surface area contributed by atoms with E-state index in [4.69, 9.17) is 0 Å². The maximum Gasteiger partial charge on any atom is 0.272 e. The molecule has 4 heteroatoms. The van der Waals surface area contributed by atoms with Crippen LogP contribution < -0.4 is 5.32 Å². The Balaban J connectivity index is 2.04. The van der Waals surface area contributed by atoms with Crippen LogP contribution >= 0.6 is 0 Å². The molecule has 2 heterocycles. The van der Waals surface area contributed by atoms with Crippen molar-refractivity contribution in [3.8, 4) is 0 Å². The molecule has 1 N–H and O–H groups in total. The van der Waals surface area contributed by atoms with Crippen LogP contribution in [0.2, 0.25) is 0 Å². The first-order chi connectivity index (χ1) is 9.22. The molecule has 104 valence electrons. The zero-order valence-electron chi connectivity index (χ0n) is 11.9. The summed E-state index contributed by atoms with van der Waals surface area (Å²) in [5, 5.41) is 3.36. The lowest BCUT2D eigenvalue weighted by atomic mass is 9.97. The zero-order valence-corrected chi connectivity index (χ0v) is 11.9. The number of hydrogen-bond acceptors (Lipinski definition) is 3. The minimum Gasteiger partial charge on any atom is -0.337 e. The Kier molecular flexibility index (Phi) is 4.91. The second kappa shape index (κ2) is 6.66. The van der Waals surface area contributed by atoms with Gasteiger partial charge in [-0.15, -0.1) is 0 Å². The quantitative estimate of drug-likeness (QED) is 0.899. The van der Waals surface area contributed by atoms with E-state index in [0.29, 0.717) is 11.6 Å². The molecule has 1 aliphatic rings. The van der Waals surface area contributed by atoms with Crippen LogP contribution in [0.5, 0.6) is 0 Å². The van der Waals surface area contributed by atoms with Crippen LogP contribution in [0.15, 0.2) is 18.3 Å².